The molecule has 23 heavy (non-hydrogen) atoms. The average Bonchev–Trinajstić information content (AvgIpc) is 2.48. The van der Waals surface area contributed by atoms with E-state index in [0.29, 0.717) is 31.7 Å². The zero-order valence-electron chi connectivity index (χ0n) is 14.1. The van der Waals surface area contributed by atoms with Crippen LogP contribution in [0.1, 0.15) is 32.8 Å². The minimum atomic E-state index is -0.470. The molecule has 1 aliphatic rings. The molecule has 126 valence electrons. The van der Waals surface area contributed by atoms with Gasteiger partial charge in [-0.15, -0.1) is 0 Å². The summed E-state index contributed by atoms with van der Waals surface area (Å²) < 4.78 is 18.9. The van der Waals surface area contributed by atoms with Gasteiger partial charge >= 0.3 is 6.09 Å². The number of ether oxygens (including phenoxy) is 1. The summed E-state index contributed by atoms with van der Waals surface area (Å²) in [5.41, 5.74) is 1.43. The summed E-state index contributed by atoms with van der Waals surface area (Å²) in [5.74, 6) is -0.186. The van der Waals surface area contributed by atoms with Gasteiger partial charge in [-0.2, -0.15) is 0 Å². The van der Waals surface area contributed by atoms with E-state index in [1.807, 2.05) is 32.9 Å². The maximum Gasteiger partial charge on any atom is 0.410 e. The molecule has 0 fully saturated rings. The van der Waals surface area contributed by atoms with Crippen molar-refractivity contribution in [1.29, 1.82) is 0 Å². The van der Waals surface area contributed by atoms with Crippen molar-refractivity contribution in [2.45, 2.75) is 39.3 Å². The SMILES string of the molecule is CC(C)(C)OC(=O)N1CC=C(CNCc2ccccc2F)CC1. The molecule has 0 saturated carbocycles. The Hall–Kier alpha value is -1.88. The fraction of sp³-hybridized carbons (Fsp3) is 0.500. The Balaban J connectivity index is 1.77. The van der Waals surface area contributed by atoms with E-state index in [2.05, 4.69) is 5.32 Å². The van der Waals surface area contributed by atoms with Gasteiger partial charge in [0, 0.05) is 31.7 Å². The Bertz CT molecular complexity index is 579. The lowest BCUT2D eigenvalue weighted by atomic mass is 10.1. The van der Waals surface area contributed by atoms with Crippen molar-refractivity contribution in [2.75, 3.05) is 19.6 Å². The highest BCUT2D eigenvalue weighted by molar-refractivity contribution is 5.68. The Kier molecular flexibility index (Phi) is 5.77. The fourth-order valence-electron chi connectivity index (χ4n) is 2.36. The van der Waals surface area contributed by atoms with Gasteiger partial charge in [-0.25, -0.2) is 9.18 Å². The van der Waals surface area contributed by atoms with Gasteiger partial charge < -0.3 is 15.0 Å². The molecule has 0 atom stereocenters. The molecule has 0 bridgehead atoms. The van der Waals surface area contributed by atoms with E-state index in [9.17, 15) is 9.18 Å². The summed E-state index contributed by atoms with van der Waals surface area (Å²) in [5, 5.41) is 3.25. The molecular weight excluding hydrogens is 295 g/mol. The Labute approximate surface area is 137 Å². The highest BCUT2D eigenvalue weighted by Gasteiger charge is 2.23. The van der Waals surface area contributed by atoms with Crippen LogP contribution in [0.15, 0.2) is 35.9 Å². The molecule has 0 saturated heterocycles. The van der Waals surface area contributed by atoms with E-state index in [-0.39, 0.29) is 11.9 Å². The molecule has 1 N–H and O–H groups in total. The molecule has 1 amide bonds. The summed E-state index contributed by atoms with van der Waals surface area (Å²) in [6.45, 7) is 8.01. The smallest absolute Gasteiger partial charge is 0.410 e. The maximum absolute atomic E-state index is 13.5. The molecule has 2 rings (SSSR count). The van der Waals surface area contributed by atoms with Gasteiger partial charge in [-0.05, 0) is 33.3 Å². The van der Waals surface area contributed by atoms with Crippen molar-refractivity contribution in [3.8, 4) is 0 Å². The van der Waals surface area contributed by atoms with Crippen LogP contribution in [0.5, 0.6) is 0 Å². The van der Waals surface area contributed by atoms with E-state index in [1.165, 1.54) is 11.6 Å². The van der Waals surface area contributed by atoms with E-state index in [4.69, 9.17) is 4.74 Å². The Morgan fingerprint density at radius 2 is 2.04 bits per heavy atom. The molecule has 1 aromatic carbocycles. The molecule has 5 heteroatoms. The number of halogens is 1. The van der Waals surface area contributed by atoms with Crippen LogP contribution in [-0.4, -0.2) is 36.2 Å². The van der Waals surface area contributed by atoms with Gasteiger partial charge in [0.05, 0.1) is 0 Å². The first-order chi connectivity index (χ1) is 10.8. The second kappa shape index (κ2) is 7.59. The first kappa shape index (κ1) is 17.5. The zero-order valence-corrected chi connectivity index (χ0v) is 14.1. The largest absolute Gasteiger partial charge is 0.444 e. The predicted octanol–water partition coefficient (Wildman–Crippen LogP) is 3.48. The van der Waals surface area contributed by atoms with Crippen molar-refractivity contribution < 1.29 is 13.9 Å². The molecule has 0 unspecified atom stereocenters. The fourth-order valence-corrected chi connectivity index (χ4v) is 2.36. The Morgan fingerprint density at radius 3 is 2.65 bits per heavy atom. The van der Waals surface area contributed by atoms with Crippen LogP contribution >= 0.6 is 0 Å². The van der Waals surface area contributed by atoms with E-state index in [0.717, 1.165) is 6.42 Å². The van der Waals surface area contributed by atoms with E-state index >= 15 is 0 Å². The topological polar surface area (TPSA) is 41.6 Å². The summed E-state index contributed by atoms with van der Waals surface area (Å²) in [4.78, 5) is 13.7. The van der Waals surface area contributed by atoms with Gasteiger partial charge in [0.2, 0.25) is 0 Å². The second-order valence-electron chi connectivity index (χ2n) is 6.73. The minimum Gasteiger partial charge on any atom is -0.444 e. The highest BCUT2D eigenvalue weighted by atomic mass is 19.1. The molecule has 0 aliphatic carbocycles. The molecule has 1 aliphatic heterocycles. The monoisotopic (exact) mass is 320 g/mol. The number of benzene rings is 1. The standard InChI is InChI=1S/C18H25FN2O2/c1-18(2,3)23-17(22)21-10-8-14(9-11-21)12-20-13-15-6-4-5-7-16(15)19/h4-8,20H,9-13H2,1-3H3. The number of carbonyl (C=O) groups excluding carboxylic acids is 1. The van der Waals surface area contributed by atoms with Crippen LogP contribution < -0.4 is 5.32 Å². The molecule has 0 spiro atoms. The van der Waals surface area contributed by atoms with Gasteiger partial charge in [0.25, 0.3) is 0 Å². The summed E-state index contributed by atoms with van der Waals surface area (Å²) in [7, 11) is 0. The van der Waals surface area contributed by atoms with Gasteiger partial charge in [0.1, 0.15) is 11.4 Å². The van der Waals surface area contributed by atoms with Gasteiger partial charge in [-0.1, -0.05) is 29.8 Å². The molecular formula is C18H25FN2O2. The maximum atomic E-state index is 13.5. The van der Waals surface area contributed by atoms with E-state index < -0.39 is 5.60 Å². The van der Waals surface area contributed by atoms with Crippen molar-refractivity contribution >= 4 is 6.09 Å². The summed E-state index contributed by atoms with van der Waals surface area (Å²) in [6, 6.07) is 6.77. The van der Waals surface area contributed by atoms with Gasteiger partial charge in [-0.3, -0.25) is 0 Å². The zero-order chi connectivity index (χ0) is 16.9. The lowest BCUT2D eigenvalue weighted by Gasteiger charge is -2.29. The number of carbonyl (C=O) groups is 1. The van der Waals surface area contributed by atoms with Crippen molar-refractivity contribution in [3.63, 3.8) is 0 Å². The van der Waals surface area contributed by atoms with Crippen LogP contribution in [0.2, 0.25) is 0 Å². The first-order valence-electron chi connectivity index (χ1n) is 7.95. The van der Waals surface area contributed by atoms with Crippen LogP contribution in [0.4, 0.5) is 9.18 Å². The third-order valence-corrected chi connectivity index (χ3v) is 3.58. The molecule has 1 heterocycles. The molecule has 4 nitrogen and oxygen atoms in total. The lowest BCUT2D eigenvalue weighted by molar-refractivity contribution is 0.0265. The second-order valence-corrected chi connectivity index (χ2v) is 6.73. The number of rotatable bonds is 4. The number of hydrogen-bond acceptors (Lipinski definition) is 3. The van der Waals surface area contributed by atoms with Crippen molar-refractivity contribution in [1.82, 2.24) is 10.2 Å². The van der Waals surface area contributed by atoms with Crippen LogP contribution in [0.3, 0.4) is 0 Å². The van der Waals surface area contributed by atoms with Crippen LogP contribution in [0.25, 0.3) is 0 Å². The van der Waals surface area contributed by atoms with Crippen molar-refractivity contribution in [3.05, 3.63) is 47.3 Å². The highest BCUT2D eigenvalue weighted by Crippen LogP contribution is 2.15. The quantitative estimate of drug-likeness (QED) is 0.864. The number of hydrogen-bond donors (Lipinski definition) is 1. The number of nitrogens with zero attached hydrogens (tertiary/aromatic N) is 1. The number of nitrogens with one attached hydrogen (secondary N) is 1. The van der Waals surface area contributed by atoms with Gasteiger partial charge in [0.15, 0.2) is 0 Å². The summed E-state index contributed by atoms with van der Waals surface area (Å²) in [6.07, 6.45) is 2.58. The predicted molar refractivity (Wildman–Crippen MR) is 88.6 cm³/mol. The molecule has 0 radical (unpaired) electrons. The Morgan fingerprint density at radius 1 is 1.30 bits per heavy atom. The van der Waals surface area contributed by atoms with E-state index in [1.54, 1.807) is 17.0 Å². The molecule has 0 aromatic heterocycles. The normalized spacial score (nSPS) is 15.3. The van der Waals surface area contributed by atoms with Crippen molar-refractivity contribution in [2.24, 2.45) is 0 Å². The average molecular weight is 320 g/mol. The third-order valence-electron chi connectivity index (χ3n) is 3.58. The summed E-state index contributed by atoms with van der Waals surface area (Å²) >= 11 is 0. The minimum absolute atomic E-state index is 0.186. The van der Waals surface area contributed by atoms with Crippen LogP contribution in [-0.2, 0) is 11.3 Å². The first-order valence-corrected chi connectivity index (χ1v) is 7.95. The molecule has 1 aromatic rings. The lowest BCUT2D eigenvalue weighted by Crippen LogP contribution is -2.39. The van der Waals surface area contributed by atoms with Crippen LogP contribution in [0, 0.1) is 5.82 Å². The third kappa shape index (κ3) is 5.67. The number of amides is 1.